The highest BCUT2D eigenvalue weighted by molar-refractivity contribution is 6.33. The predicted octanol–water partition coefficient (Wildman–Crippen LogP) is 2.88. The smallest absolute Gasteiger partial charge is 0.269 e. The second-order valence-corrected chi connectivity index (χ2v) is 5.42. The maximum Gasteiger partial charge on any atom is 0.269 e. The molecule has 0 aliphatic carbocycles. The zero-order valence-corrected chi connectivity index (χ0v) is 12.5. The van der Waals surface area contributed by atoms with Crippen LogP contribution in [0, 0.1) is 0 Å². The Labute approximate surface area is 127 Å². The molecule has 5 nitrogen and oxygen atoms in total. The van der Waals surface area contributed by atoms with Crippen molar-refractivity contribution in [1.29, 1.82) is 0 Å². The summed E-state index contributed by atoms with van der Waals surface area (Å²) in [5, 5.41) is 14.0. The lowest BCUT2D eigenvalue weighted by Gasteiger charge is -2.19. The number of benzene rings is 1. The van der Waals surface area contributed by atoms with Gasteiger partial charge in [-0.3, -0.25) is 4.79 Å². The molecule has 3 rings (SSSR count). The van der Waals surface area contributed by atoms with Crippen LogP contribution in [0.15, 0.2) is 23.0 Å². The van der Waals surface area contributed by atoms with Crippen molar-refractivity contribution in [3.63, 3.8) is 0 Å². The zero-order chi connectivity index (χ0) is 14.8. The summed E-state index contributed by atoms with van der Waals surface area (Å²) >= 11 is 6.17. The lowest BCUT2D eigenvalue weighted by atomic mass is 10.0. The molecule has 2 aromatic rings. The highest BCUT2D eigenvalue weighted by Gasteiger charge is 2.19. The van der Waals surface area contributed by atoms with Crippen molar-refractivity contribution < 1.29 is 0 Å². The third-order valence-corrected chi connectivity index (χ3v) is 3.92. The van der Waals surface area contributed by atoms with Crippen molar-refractivity contribution >= 4 is 23.0 Å². The molecule has 0 fully saturated rings. The molecule has 0 saturated carbocycles. The molecule has 0 saturated heterocycles. The lowest BCUT2D eigenvalue weighted by molar-refractivity contribution is 0.799. The Morgan fingerprint density at radius 2 is 2.29 bits per heavy atom. The molecule has 0 unspecified atom stereocenters. The van der Waals surface area contributed by atoms with Crippen LogP contribution in [0.5, 0.6) is 0 Å². The summed E-state index contributed by atoms with van der Waals surface area (Å²) in [5.74, 6) is 0. The molecule has 0 amide bonds. The van der Waals surface area contributed by atoms with Gasteiger partial charge in [-0.25, -0.2) is 5.10 Å². The molecule has 0 spiro atoms. The number of H-pyrrole nitrogens is 1. The van der Waals surface area contributed by atoms with E-state index in [4.69, 9.17) is 11.6 Å². The Bertz CT molecular complexity index is 726. The largest absolute Gasteiger partial charge is 0.384 e. The first kappa shape index (κ1) is 13.9. The number of hydrogen-bond acceptors (Lipinski definition) is 4. The van der Waals surface area contributed by atoms with Gasteiger partial charge in [-0.15, -0.1) is 0 Å². The minimum absolute atomic E-state index is 0.109. The van der Waals surface area contributed by atoms with E-state index in [9.17, 15) is 4.79 Å². The number of aromatic amines is 1. The topological polar surface area (TPSA) is 69.8 Å². The number of aromatic nitrogens is 2. The number of halogens is 1. The fourth-order valence-corrected chi connectivity index (χ4v) is 2.79. The second-order valence-electron chi connectivity index (χ2n) is 5.01. The lowest BCUT2D eigenvalue weighted by Crippen LogP contribution is -2.24. The van der Waals surface area contributed by atoms with Gasteiger partial charge in [0.1, 0.15) is 5.69 Å². The fourth-order valence-electron chi connectivity index (χ4n) is 2.60. The van der Waals surface area contributed by atoms with Crippen molar-refractivity contribution in [1.82, 2.24) is 10.2 Å². The predicted molar refractivity (Wildman–Crippen MR) is 86.3 cm³/mol. The van der Waals surface area contributed by atoms with Crippen LogP contribution in [0.25, 0.3) is 11.3 Å². The van der Waals surface area contributed by atoms with Gasteiger partial charge in [-0.05, 0) is 31.9 Å². The van der Waals surface area contributed by atoms with Gasteiger partial charge in [0, 0.05) is 24.2 Å². The van der Waals surface area contributed by atoms with E-state index in [0.29, 0.717) is 5.02 Å². The van der Waals surface area contributed by atoms with E-state index < -0.39 is 0 Å². The third-order valence-electron chi connectivity index (χ3n) is 3.59. The maximum atomic E-state index is 11.9. The van der Waals surface area contributed by atoms with Gasteiger partial charge in [-0.1, -0.05) is 17.7 Å². The van der Waals surface area contributed by atoms with Crippen LogP contribution in [-0.4, -0.2) is 23.3 Å². The normalized spacial score (nSPS) is 13.4. The van der Waals surface area contributed by atoms with E-state index in [1.54, 1.807) is 0 Å². The van der Waals surface area contributed by atoms with Crippen molar-refractivity contribution in [3.05, 3.63) is 39.1 Å². The van der Waals surface area contributed by atoms with Gasteiger partial charge in [0.05, 0.1) is 16.4 Å². The van der Waals surface area contributed by atoms with Gasteiger partial charge < -0.3 is 10.6 Å². The van der Waals surface area contributed by atoms with E-state index in [1.807, 2.05) is 25.1 Å². The molecule has 1 aliphatic rings. The Morgan fingerprint density at radius 1 is 1.43 bits per heavy atom. The number of rotatable bonds is 3. The molecule has 2 heterocycles. The van der Waals surface area contributed by atoms with E-state index in [0.717, 1.165) is 54.1 Å². The van der Waals surface area contributed by atoms with Crippen LogP contribution >= 0.6 is 11.6 Å². The summed E-state index contributed by atoms with van der Waals surface area (Å²) in [5.41, 5.74) is 4.08. The van der Waals surface area contributed by atoms with Crippen LogP contribution in [-0.2, 0) is 6.42 Å². The summed E-state index contributed by atoms with van der Waals surface area (Å²) in [6.07, 6.45) is 1.74. The Morgan fingerprint density at radius 3 is 3.10 bits per heavy atom. The SMILES string of the molecule is CCNc1cc(-c2n[nH]c(=O)c3c2NCCC3)ccc1Cl. The molecule has 1 aliphatic heterocycles. The van der Waals surface area contributed by atoms with E-state index in [2.05, 4.69) is 20.8 Å². The number of fused-ring (bicyclic) bond motifs is 1. The molecule has 0 radical (unpaired) electrons. The molecular formula is C15H17ClN4O. The van der Waals surface area contributed by atoms with Crippen LogP contribution < -0.4 is 16.2 Å². The van der Waals surface area contributed by atoms with Gasteiger partial charge >= 0.3 is 0 Å². The van der Waals surface area contributed by atoms with E-state index in [1.165, 1.54) is 0 Å². The van der Waals surface area contributed by atoms with Gasteiger partial charge in [0.15, 0.2) is 0 Å². The monoisotopic (exact) mass is 304 g/mol. The van der Waals surface area contributed by atoms with Crippen molar-refractivity contribution in [2.75, 3.05) is 23.7 Å². The zero-order valence-electron chi connectivity index (χ0n) is 11.8. The van der Waals surface area contributed by atoms with Gasteiger partial charge in [0.2, 0.25) is 0 Å². The van der Waals surface area contributed by atoms with Crippen molar-refractivity contribution in [2.45, 2.75) is 19.8 Å². The van der Waals surface area contributed by atoms with Gasteiger partial charge in [0.25, 0.3) is 5.56 Å². The van der Waals surface area contributed by atoms with Crippen LogP contribution in [0.3, 0.4) is 0 Å². The second kappa shape index (κ2) is 5.77. The number of hydrogen-bond donors (Lipinski definition) is 3. The molecular weight excluding hydrogens is 288 g/mol. The van der Waals surface area contributed by atoms with Crippen LogP contribution in [0.4, 0.5) is 11.4 Å². The standard InChI is InChI=1S/C15H17ClN4O/c1-2-17-12-8-9(5-6-11(12)16)13-14-10(4-3-7-18-14)15(21)20-19-13/h5-6,8,17-18H,2-4,7H2,1H3,(H,20,21). The number of nitrogens with one attached hydrogen (secondary N) is 3. The fraction of sp³-hybridized carbons (Fsp3) is 0.333. The Balaban J connectivity index is 2.13. The summed E-state index contributed by atoms with van der Waals surface area (Å²) in [4.78, 5) is 11.9. The average Bonchev–Trinajstić information content (AvgIpc) is 2.51. The van der Waals surface area contributed by atoms with E-state index >= 15 is 0 Å². The third kappa shape index (κ3) is 2.61. The highest BCUT2D eigenvalue weighted by Crippen LogP contribution is 2.33. The first-order valence-electron chi connectivity index (χ1n) is 7.10. The van der Waals surface area contributed by atoms with Gasteiger partial charge in [-0.2, -0.15) is 5.10 Å². The van der Waals surface area contributed by atoms with Crippen LogP contribution in [0.1, 0.15) is 18.9 Å². The number of anilines is 2. The summed E-state index contributed by atoms with van der Waals surface area (Å²) in [7, 11) is 0. The molecule has 6 heteroatoms. The molecule has 1 aromatic heterocycles. The quantitative estimate of drug-likeness (QED) is 0.815. The summed E-state index contributed by atoms with van der Waals surface area (Å²) < 4.78 is 0. The van der Waals surface area contributed by atoms with E-state index in [-0.39, 0.29) is 5.56 Å². The summed E-state index contributed by atoms with van der Waals surface area (Å²) in [6.45, 7) is 3.67. The molecule has 0 bridgehead atoms. The molecule has 1 aromatic carbocycles. The first-order valence-corrected chi connectivity index (χ1v) is 7.47. The first-order chi connectivity index (χ1) is 10.2. The summed E-state index contributed by atoms with van der Waals surface area (Å²) in [6, 6.07) is 5.72. The molecule has 110 valence electrons. The van der Waals surface area contributed by atoms with Crippen molar-refractivity contribution in [2.24, 2.45) is 0 Å². The Hall–Kier alpha value is -2.01. The van der Waals surface area contributed by atoms with Crippen LogP contribution in [0.2, 0.25) is 5.02 Å². The molecule has 3 N–H and O–H groups in total. The Kier molecular flexibility index (Phi) is 3.84. The molecule has 21 heavy (non-hydrogen) atoms. The average molecular weight is 305 g/mol. The van der Waals surface area contributed by atoms with Crippen molar-refractivity contribution in [3.8, 4) is 11.3 Å². The highest BCUT2D eigenvalue weighted by atomic mass is 35.5. The minimum Gasteiger partial charge on any atom is -0.384 e. The maximum absolute atomic E-state index is 11.9. The number of nitrogens with zero attached hydrogens (tertiary/aromatic N) is 1. The minimum atomic E-state index is -0.109. The molecule has 0 atom stereocenters.